The summed E-state index contributed by atoms with van der Waals surface area (Å²) < 4.78 is -1.43. The highest BCUT2D eigenvalue weighted by atomic mass is 35.6. The van der Waals surface area contributed by atoms with Crippen LogP contribution in [0.25, 0.3) is 0 Å². The lowest BCUT2D eigenvalue weighted by atomic mass is 10.2. The number of aromatic nitrogens is 1. The van der Waals surface area contributed by atoms with Gasteiger partial charge in [-0.05, 0) is 24.8 Å². The van der Waals surface area contributed by atoms with E-state index in [2.05, 4.69) is 11.9 Å². The molecule has 14 heavy (non-hydrogen) atoms. The fourth-order valence-electron chi connectivity index (χ4n) is 0.950. The maximum atomic E-state index is 5.69. The van der Waals surface area contributed by atoms with Gasteiger partial charge in [-0.25, -0.2) is 0 Å². The van der Waals surface area contributed by atoms with Gasteiger partial charge in [0.15, 0.2) is 0 Å². The largest absolute Gasteiger partial charge is 0.256 e. The molecule has 0 aliphatic rings. The monoisotopic (exact) mass is 269 g/mol. The minimum atomic E-state index is -1.43. The molecule has 0 unspecified atom stereocenters. The fraction of sp³-hybridized carbons (Fsp3) is 0.444. The van der Waals surface area contributed by atoms with Crippen LogP contribution in [0.2, 0.25) is 0 Å². The van der Waals surface area contributed by atoms with Crippen molar-refractivity contribution < 1.29 is 0 Å². The molecular formula is C9H10Cl3NS. The van der Waals surface area contributed by atoms with Crippen LogP contribution in [0.3, 0.4) is 0 Å². The number of thioether (sulfide) groups is 1. The summed E-state index contributed by atoms with van der Waals surface area (Å²) in [4.78, 5) is 4.11. The van der Waals surface area contributed by atoms with Gasteiger partial charge in [0, 0.05) is 11.4 Å². The quantitative estimate of drug-likeness (QED) is 0.742. The van der Waals surface area contributed by atoms with Crippen molar-refractivity contribution in [1.29, 1.82) is 0 Å². The smallest absolute Gasteiger partial charge is 0.232 e. The van der Waals surface area contributed by atoms with E-state index in [1.54, 1.807) is 24.0 Å². The molecule has 0 aromatic carbocycles. The Morgan fingerprint density at radius 2 is 2.00 bits per heavy atom. The van der Waals surface area contributed by atoms with Gasteiger partial charge >= 0.3 is 0 Å². The van der Waals surface area contributed by atoms with Crippen LogP contribution in [-0.2, 0) is 3.79 Å². The van der Waals surface area contributed by atoms with Gasteiger partial charge in [-0.2, -0.15) is 11.8 Å². The molecule has 0 radical (unpaired) electrons. The van der Waals surface area contributed by atoms with E-state index < -0.39 is 3.79 Å². The van der Waals surface area contributed by atoms with Crippen molar-refractivity contribution in [3.8, 4) is 0 Å². The Hall–Kier alpha value is 0.370. The Balaban J connectivity index is 2.89. The number of pyridine rings is 1. The average molecular weight is 271 g/mol. The van der Waals surface area contributed by atoms with Crippen LogP contribution in [0.15, 0.2) is 18.3 Å². The van der Waals surface area contributed by atoms with Crippen molar-refractivity contribution in [3.63, 3.8) is 0 Å². The van der Waals surface area contributed by atoms with Gasteiger partial charge in [0.05, 0.1) is 5.69 Å². The third-order valence-electron chi connectivity index (χ3n) is 1.90. The van der Waals surface area contributed by atoms with Crippen molar-refractivity contribution >= 4 is 46.6 Å². The van der Waals surface area contributed by atoms with Gasteiger partial charge < -0.3 is 0 Å². The van der Waals surface area contributed by atoms with Crippen molar-refractivity contribution in [3.05, 3.63) is 29.6 Å². The Labute approximate surface area is 103 Å². The number of hydrogen-bond donors (Lipinski definition) is 0. The molecule has 0 aliphatic heterocycles. The minimum absolute atomic E-state index is 0.409. The Kier molecular flexibility index (Phi) is 4.38. The van der Waals surface area contributed by atoms with Gasteiger partial charge in [-0.1, -0.05) is 40.9 Å². The molecule has 1 nitrogen and oxygen atoms in total. The molecule has 1 rings (SSSR count). The Bertz CT molecular complexity index is 294. The normalized spacial score (nSPS) is 14.1. The van der Waals surface area contributed by atoms with E-state index in [1.165, 1.54) is 0 Å². The van der Waals surface area contributed by atoms with Crippen LogP contribution in [-0.4, -0.2) is 11.2 Å². The van der Waals surface area contributed by atoms with Crippen LogP contribution >= 0.6 is 46.6 Å². The second-order valence-electron chi connectivity index (χ2n) is 2.85. The molecule has 0 N–H and O–H groups in total. The lowest BCUT2D eigenvalue weighted by Gasteiger charge is -2.12. The maximum Gasteiger partial charge on any atom is 0.232 e. The van der Waals surface area contributed by atoms with Crippen LogP contribution in [0, 0.1) is 0 Å². The lowest BCUT2D eigenvalue weighted by Crippen LogP contribution is -2.03. The molecule has 0 saturated carbocycles. The Morgan fingerprint density at radius 3 is 2.36 bits per heavy atom. The molecule has 1 aromatic rings. The zero-order chi connectivity index (χ0) is 10.8. The summed E-state index contributed by atoms with van der Waals surface area (Å²) in [6.45, 7) is 2.11. The molecular weight excluding hydrogens is 261 g/mol. The molecule has 0 aliphatic carbocycles. The van der Waals surface area contributed by atoms with E-state index in [0.29, 0.717) is 10.9 Å². The molecule has 1 atom stereocenters. The predicted octanol–water partition coefficient (Wildman–Crippen LogP) is 4.33. The molecule has 1 aromatic heterocycles. The van der Waals surface area contributed by atoms with E-state index in [4.69, 9.17) is 34.8 Å². The van der Waals surface area contributed by atoms with E-state index in [-0.39, 0.29) is 0 Å². The molecule has 0 amide bonds. The predicted molar refractivity (Wildman–Crippen MR) is 65.4 cm³/mol. The number of alkyl halides is 3. The van der Waals surface area contributed by atoms with E-state index in [9.17, 15) is 0 Å². The number of rotatable bonds is 2. The second-order valence-corrected chi connectivity index (χ2v) is 6.31. The van der Waals surface area contributed by atoms with Crippen molar-refractivity contribution in [2.24, 2.45) is 0 Å². The van der Waals surface area contributed by atoms with E-state index in [0.717, 1.165) is 5.56 Å². The number of halogens is 3. The SMILES string of the molecule is CS[C@@H](C)c1ccc(C(Cl)(Cl)Cl)nc1. The van der Waals surface area contributed by atoms with E-state index >= 15 is 0 Å². The summed E-state index contributed by atoms with van der Waals surface area (Å²) in [5, 5.41) is 0.409. The molecule has 0 bridgehead atoms. The van der Waals surface area contributed by atoms with Crippen molar-refractivity contribution in [2.45, 2.75) is 16.0 Å². The van der Waals surface area contributed by atoms with Crippen LogP contribution in [0.5, 0.6) is 0 Å². The van der Waals surface area contributed by atoms with Crippen molar-refractivity contribution in [1.82, 2.24) is 4.98 Å². The first-order valence-electron chi connectivity index (χ1n) is 4.01. The van der Waals surface area contributed by atoms with Gasteiger partial charge in [0.25, 0.3) is 0 Å². The van der Waals surface area contributed by atoms with Crippen LogP contribution < -0.4 is 0 Å². The van der Waals surface area contributed by atoms with Crippen LogP contribution in [0.1, 0.15) is 23.4 Å². The van der Waals surface area contributed by atoms with Gasteiger partial charge in [-0.15, -0.1) is 0 Å². The average Bonchev–Trinajstić information content (AvgIpc) is 2.15. The fourth-order valence-corrected chi connectivity index (χ4v) is 1.70. The summed E-state index contributed by atoms with van der Waals surface area (Å²) in [7, 11) is 0. The summed E-state index contributed by atoms with van der Waals surface area (Å²) >= 11 is 18.8. The second kappa shape index (κ2) is 4.93. The third-order valence-corrected chi connectivity index (χ3v) is 3.46. The first-order valence-corrected chi connectivity index (χ1v) is 6.43. The van der Waals surface area contributed by atoms with Crippen LogP contribution in [0.4, 0.5) is 0 Å². The molecule has 1 heterocycles. The van der Waals surface area contributed by atoms with Crippen molar-refractivity contribution in [2.75, 3.05) is 6.26 Å². The zero-order valence-electron chi connectivity index (χ0n) is 7.80. The van der Waals surface area contributed by atoms with Gasteiger partial charge in [-0.3, -0.25) is 4.98 Å². The standard InChI is InChI=1S/C9H10Cl3NS/c1-6(14-2)7-3-4-8(13-5-7)9(10,11)12/h3-6H,1-2H3/t6-/m0/s1. The highest BCUT2D eigenvalue weighted by molar-refractivity contribution is 7.98. The first-order chi connectivity index (χ1) is 6.45. The maximum absolute atomic E-state index is 5.69. The summed E-state index contributed by atoms with van der Waals surface area (Å²) in [6, 6.07) is 3.68. The number of hydrogen-bond acceptors (Lipinski definition) is 2. The minimum Gasteiger partial charge on any atom is -0.256 e. The molecule has 0 spiro atoms. The zero-order valence-corrected chi connectivity index (χ0v) is 10.9. The Morgan fingerprint density at radius 1 is 1.36 bits per heavy atom. The lowest BCUT2D eigenvalue weighted by molar-refractivity contribution is 1.02. The summed E-state index contributed by atoms with van der Waals surface area (Å²) in [5.41, 5.74) is 1.59. The first kappa shape index (κ1) is 12.4. The topological polar surface area (TPSA) is 12.9 Å². The highest BCUT2D eigenvalue weighted by Gasteiger charge is 2.24. The van der Waals surface area contributed by atoms with Gasteiger partial charge in [0.2, 0.25) is 3.79 Å². The molecule has 0 saturated heterocycles. The molecule has 0 fully saturated rings. The highest BCUT2D eigenvalue weighted by Crippen LogP contribution is 2.37. The van der Waals surface area contributed by atoms with Gasteiger partial charge in [0.1, 0.15) is 0 Å². The summed E-state index contributed by atoms with van der Waals surface area (Å²) in [5.74, 6) is 0. The molecule has 78 valence electrons. The number of nitrogens with zero attached hydrogens (tertiary/aromatic N) is 1. The summed E-state index contributed by atoms with van der Waals surface area (Å²) in [6.07, 6.45) is 3.80. The van der Waals surface area contributed by atoms with E-state index in [1.807, 2.05) is 12.3 Å². The third kappa shape index (κ3) is 3.20. The molecule has 5 heteroatoms.